The Balaban J connectivity index is 1.47. The van der Waals surface area contributed by atoms with Crippen molar-refractivity contribution in [2.75, 3.05) is 19.7 Å². The number of carbonyl (C=O) groups excluding carboxylic acids is 2. The molecule has 7 nitrogen and oxygen atoms in total. The van der Waals surface area contributed by atoms with Crippen molar-refractivity contribution < 1.29 is 18.8 Å². The molecule has 1 saturated heterocycles. The zero-order valence-corrected chi connectivity index (χ0v) is 17.0. The number of carbonyl (C=O) groups is 2. The maximum atomic E-state index is 11.8. The molecule has 1 aromatic heterocycles. The summed E-state index contributed by atoms with van der Waals surface area (Å²) < 4.78 is 11.8. The molecule has 0 atom stereocenters. The second-order valence-electron chi connectivity index (χ2n) is 7.36. The van der Waals surface area contributed by atoms with Gasteiger partial charge < -0.3 is 14.2 Å². The van der Waals surface area contributed by atoms with Gasteiger partial charge in [0.15, 0.2) is 5.58 Å². The predicted octanol–water partition coefficient (Wildman–Crippen LogP) is 4.16. The Morgan fingerprint density at radius 3 is 2.77 bits per heavy atom. The van der Waals surface area contributed by atoms with Crippen molar-refractivity contribution in [3.05, 3.63) is 48.0 Å². The van der Waals surface area contributed by atoms with Crippen LogP contribution in [-0.4, -0.2) is 41.7 Å². The molecule has 2 aromatic carbocycles. The quantitative estimate of drug-likeness (QED) is 0.567. The summed E-state index contributed by atoms with van der Waals surface area (Å²) in [5, 5.41) is 7.63. The van der Waals surface area contributed by atoms with Crippen LogP contribution in [0.2, 0.25) is 0 Å². The van der Waals surface area contributed by atoms with Crippen molar-refractivity contribution in [3.8, 4) is 17.0 Å². The van der Waals surface area contributed by atoms with E-state index < -0.39 is 0 Å². The molecule has 0 spiro atoms. The van der Waals surface area contributed by atoms with E-state index in [1.807, 2.05) is 42.5 Å². The highest BCUT2D eigenvalue weighted by Crippen LogP contribution is 2.35. The van der Waals surface area contributed by atoms with Crippen molar-refractivity contribution in [1.82, 2.24) is 15.4 Å². The van der Waals surface area contributed by atoms with Gasteiger partial charge in [0.25, 0.3) is 0 Å². The minimum atomic E-state index is -0.325. The Hall–Kier alpha value is -3.35. The van der Waals surface area contributed by atoms with Gasteiger partial charge in [-0.1, -0.05) is 48.8 Å². The molecule has 3 aromatic rings. The van der Waals surface area contributed by atoms with E-state index in [2.05, 4.69) is 17.4 Å². The molecule has 0 bridgehead atoms. The molecule has 3 amide bonds. The van der Waals surface area contributed by atoms with Gasteiger partial charge in [-0.15, -0.1) is 0 Å². The van der Waals surface area contributed by atoms with E-state index in [4.69, 9.17) is 9.26 Å². The zero-order chi connectivity index (χ0) is 20.9. The molecule has 0 unspecified atom stereocenters. The van der Waals surface area contributed by atoms with Crippen LogP contribution < -0.4 is 10.1 Å². The minimum Gasteiger partial charge on any atom is -0.493 e. The smallest absolute Gasteiger partial charge is 0.324 e. The average molecular weight is 407 g/mol. The third-order valence-corrected chi connectivity index (χ3v) is 5.22. The van der Waals surface area contributed by atoms with Gasteiger partial charge in [0.05, 0.1) is 12.0 Å². The summed E-state index contributed by atoms with van der Waals surface area (Å²) in [6.07, 6.45) is 2.81. The Kier molecular flexibility index (Phi) is 5.97. The molecule has 0 aliphatic carbocycles. The van der Waals surface area contributed by atoms with Crippen molar-refractivity contribution in [3.63, 3.8) is 0 Å². The maximum absolute atomic E-state index is 11.8. The normalized spacial score (nSPS) is 14.2. The van der Waals surface area contributed by atoms with Crippen LogP contribution in [0.25, 0.3) is 22.2 Å². The number of nitrogens with zero attached hydrogens (tertiary/aromatic N) is 2. The number of benzene rings is 2. The van der Waals surface area contributed by atoms with Gasteiger partial charge in [-0.3, -0.25) is 10.1 Å². The number of rotatable bonds is 8. The second kappa shape index (κ2) is 8.98. The molecular weight excluding hydrogens is 382 g/mol. The fourth-order valence-corrected chi connectivity index (χ4v) is 3.72. The molecule has 0 saturated carbocycles. The molecule has 30 heavy (non-hydrogen) atoms. The van der Waals surface area contributed by atoms with Crippen LogP contribution in [-0.2, 0) is 11.2 Å². The minimum absolute atomic E-state index is 0.216. The van der Waals surface area contributed by atoms with Crippen LogP contribution in [0.3, 0.4) is 0 Å². The Morgan fingerprint density at radius 2 is 2.00 bits per heavy atom. The van der Waals surface area contributed by atoms with Gasteiger partial charge in [0.2, 0.25) is 5.91 Å². The summed E-state index contributed by atoms with van der Waals surface area (Å²) in [6, 6.07) is 13.6. The van der Waals surface area contributed by atoms with E-state index in [9.17, 15) is 9.59 Å². The number of imide groups is 1. The van der Waals surface area contributed by atoms with E-state index >= 15 is 0 Å². The number of fused-ring (bicyclic) bond motifs is 1. The second-order valence-corrected chi connectivity index (χ2v) is 7.36. The lowest BCUT2D eigenvalue weighted by Gasteiger charge is -2.26. The van der Waals surface area contributed by atoms with Crippen LogP contribution in [0.5, 0.6) is 5.75 Å². The molecule has 1 fully saturated rings. The summed E-state index contributed by atoms with van der Waals surface area (Å²) in [6.45, 7) is 3.59. The molecule has 156 valence electrons. The molecule has 0 radical (unpaired) electrons. The number of ether oxygens (including phenoxy) is 1. The van der Waals surface area contributed by atoms with Crippen molar-refractivity contribution in [2.24, 2.45) is 0 Å². The first-order valence-electron chi connectivity index (χ1n) is 10.4. The van der Waals surface area contributed by atoms with Crippen molar-refractivity contribution >= 4 is 22.9 Å². The van der Waals surface area contributed by atoms with Gasteiger partial charge in [-0.25, -0.2) is 4.79 Å². The highest BCUT2D eigenvalue weighted by molar-refractivity contribution is 5.96. The molecule has 4 rings (SSSR count). The average Bonchev–Trinajstić information content (AvgIpc) is 3.19. The lowest BCUT2D eigenvalue weighted by Crippen LogP contribution is -2.49. The number of hydrogen-bond donors (Lipinski definition) is 1. The Labute approximate surface area is 175 Å². The number of aromatic nitrogens is 1. The maximum Gasteiger partial charge on any atom is 0.324 e. The third kappa shape index (κ3) is 4.15. The SMILES string of the molecule is CCCc1c(OCCCN2CCC(=O)NC2=O)ccc2c(-c3ccccc3)noc12. The van der Waals surface area contributed by atoms with Crippen molar-refractivity contribution in [1.29, 1.82) is 0 Å². The highest BCUT2D eigenvalue weighted by atomic mass is 16.5. The van der Waals surface area contributed by atoms with Gasteiger partial charge >= 0.3 is 6.03 Å². The monoisotopic (exact) mass is 407 g/mol. The zero-order valence-electron chi connectivity index (χ0n) is 17.0. The summed E-state index contributed by atoms with van der Waals surface area (Å²) in [5.74, 6) is 0.574. The van der Waals surface area contributed by atoms with Gasteiger partial charge in [0, 0.05) is 30.6 Å². The van der Waals surface area contributed by atoms with Crippen LogP contribution in [0.15, 0.2) is 47.0 Å². The van der Waals surface area contributed by atoms with Gasteiger partial charge in [0.1, 0.15) is 11.4 Å². The number of amides is 3. The third-order valence-electron chi connectivity index (χ3n) is 5.22. The summed E-state index contributed by atoms with van der Waals surface area (Å²) in [5.41, 5.74) is 3.64. The van der Waals surface area contributed by atoms with Crippen LogP contribution in [0.4, 0.5) is 4.79 Å². The molecule has 7 heteroatoms. The first-order chi connectivity index (χ1) is 14.7. The van der Waals surface area contributed by atoms with E-state index in [-0.39, 0.29) is 11.9 Å². The van der Waals surface area contributed by atoms with Crippen molar-refractivity contribution in [2.45, 2.75) is 32.6 Å². The number of urea groups is 1. The van der Waals surface area contributed by atoms with E-state index in [0.717, 1.165) is 46.4 Å². The largest absolute Gasteiger partial charge is 0.493 e. The van der Waals surface area contributed by atoms with E-state index in [1.165, 1.54) is 0 Å². The summed E-state index contributed by atoms with van der Waals surface area (Å²) >= 11 is 0. The van der Waals surface area contributed by atoms with Crippen LogP contribution in [0.1, 0.15) is 31.7 Å². The lowest BCUT2D eigenvalue weighted by atomic mass is 10.0. The van der Waals surface area contributed by atoms with Gasteiger partial charge in [-0.2, -0.15) is 0 Å². The first-order valence-corrected chi connectivity index (χ1v) is 10.4. The van der Waals surface area contributed by atoms with E-state index in [1.54, 1.807) is 4.90 Å². The fourth-order valence-electron chi connectivity index (χ4n) is 3.72. The number of hydrogen-bond acceptors (Lipinski definition) is 5. The van der Waals surface area contributed by atoms with Crippen LogP contribution >= 0.6 is 0 Å². The van der Waals surface area contributed by atoms with E-state index in [0.29, 0.717) is 32.5 Å². The highest BCUT2D eigenvalue weighted by Gasteiger charge is 2.22. The molecule has 1 aliphatic heterocycles. The number of aryl methyl sites for hydroxylation is 1. The molecule has 1 N–H and O–H groups in total. The molecular formula is C23H25N3O4. The summed E-state index contributed by atoms with van der Waals surface area (Å²) in [7, 11) is 0. The van der Waals surface area contributed by atoms with Gasteiger partial charge in [-0.05, 0) is 25.0 Å². The molecule has 2 heterocycles. The lowest BCUT2D eigenvalue weighted by molar-refractivity contribution is -0.121. The number of nitrogens with one attached hydrogen (secondary N) is 1. The standard InChI is InChI=1S/C23H25N3O4/c1-2-7-17-19(29-15-6-13-26-14-12-20(27)24-23(26)28)11-10-18-21(25-30-22(17)18)16-8-4-3-5-9-16/h3-5,8-11H,2,6-7,12-15H2,1H3,(H,24,27,28). The topological polar surface area (TPSA) is 84.7 Å². The fraction of sp³-hybridized carbons (Fsp3) is 0.348. The Bertz CT molecular complexity index is 1050. The Morgan fingerprint density at radius 1 is 1.17 bits per heavy atom. The van der Waals surface area contributed by atoms with Crippen LogP contribution in [0, 0.1) is 0 Å². The summed E-state index contributed by atoms with van der Waals surface area (Å²) in [4.78, 5) is 24.7. The first kappa shape index (κ1) is 19.9. The molecule has 1 aliphatic rings. The predicted molar refractivity (Wildman–Crippen MR) is 113 cm³/mol.